The number of methoxy groups -OCH3 is 4. The van der Waals surface area contributed by atoms with E-state index in [1.165, 1.54) is 12.4 Å². The second kappa shape index (κ2) is 13.8. The third-order valence-electron chi connectivity index (χ3n) is 5.98. The van der Waals surface area contributed by atoms with Crippen molar-refractivity contribution in [1.29, 1.82) is 0 Å². The molecule has 2 amide bonds. The summed E-state index contributed by atoms with van der Waals surface area (Å²) in [5.41, 5.74) is 6.57. The first kappa shape index (κ1) is 27.5. The first-order chi connectivity index (χ1) is 18.0. The van der Waals surface area contributed by atoms with Gasteiger partial charge in [0.2, 0.25) is 5.91 Å². The lowest BCUT2D eigenvalue weighted by Crippen LogP contribution is -2.43. The molecule has 1 heterocycles. The predicted molar refractivity (Wildman–Crippen MR) is 140 cm³/mol. The highest BCUT2D eigenvalue weighted by atomic mass is 16.5. The van der Waals surface area contributed by atoms with Gasteiger partial charge in [0, 0.05) is 29.2 Å². The number of nitrogens with one attached hydrogen (secondary N) is 2. The molecule has 11 heteroatoms. The van der Waals surface area contributed by atoms with Crippen LogP contribution in [0.25, 0.3) is 0 Å². The molecular weight excluding hydrogens is 478 g/mol. The number of carbonyl (C=O) groups excluding carboxylic acids is 2. The Morgan fingerprint density at radius 1 is 0.838 bits per heavy atom. The van der Waals surface area contributed by atoms with Gasteiger partial charge in [0.1, 0.15) is 23.0 Å². The molecule has 2 aromatic rings. The molecule has 0 saturated carbocycles. The summed E-state index contributed by atoms with van der Waals surface area (Å²) in [6.07, 6.45) is 4.33. The van der Waals surface area contributed by atoms with Crippen molar-refractivity contribution in [2.75, 3.05) is 48.1 Å². The maximum Gasteiger partial charge on any atom is 0.254 e. The summed E-state index contributed by atoms with van der Waals surface area (Å²) in [6.45, 7) is 1.44. The lowest BCUT2D eigenvalue weighted by molar-refractivity contribution is -0.126. The number of amides is 2. The lowest BCUT2D eigenvalue weighted by Gasteiger charge is -2.30. The zero-order valence-corrected chi connectivity index (χ0v) is 21.5. The minimum atomic E-state index is -0.232. The third kappa shape index (κ3) is 7.94. The zero-order chi connectivity index (χ0) is 26.6. The maximum absolute atomic E-state index is 12.5. The van der Waals surface area contributed by atoms with E-state index >= 15 is 0 Å². The number of hydrazone groups is 2. The van der Waals surface area contributed by atoms with Crippen LogP contribution in [0.3, 0.4) is 0 Å². The fourth-order valence-electron chi connectivity index (χ4n) is 3.87. The first-order valence-electron chi connectivity index (χ1n) is 11.8. The topological polar surface area (TPSA) is 123 Å². The van der Waals surface area contributed by atoms with E-state index in [9.17, 15) is 9.59 Å². The van der Waals surface area contributed by atoms with E-state index in [0.29, 0.717) is 54.5 Å². The van der Waals surface area contributed by atoms with Gasteiger partial charge in [-0.1, -0.05) is 0 Å². The molecule has 0 aliphatic carbocycles. The highest BCUT2D eigenvalue weighted by Gasteiger charge is 2.25. The predicted octanol–water partition coefficient (Wildman–Crippen LogP) is 2.03. The van der Waals surface area contributed by atoms with Crippen LogP contribution < -0.4 is 29.8 Å². The number of carbonyl (C=O) groups is 2. The van der Waals surface area contributed by atoms with Crippen molar-refractivity contribution < 1.29 is 28.5 Å². The molecule has 1 fully saturated rings. The molecule has 11 nitrogen and oxygen atoms in total. The van der Waals surface area contributed by atoms with Crippen LogP contribution in [0.2, 0.25) is 0 Å². The van der Waals surface area contributed by atoms with Gasteiger partial charge in [0.05, 0.1) is 47.4 Å². The number of likely N-dealkylation sites (tertiary alicyclic amines) is 1. The van der Waals surface area contributed by atoms with Crippen LogP contribution in [0.1, 0.15) is 24.0 Å². The molecule has 2 N–H and O–H groups in total. The number of nitrogens with zero attached hydrogens (tertiary/aromatic N) is 3. The molecule has 0 aromatic heterocycles. The monoisotopic (exact) mass is 511 g/mol. The van der Waals surface area contributed by atoms with Gasteiger partial charge in [-0.3, -0.25) is 14.5 Å². The van der Waals surface area contributed by atoms with Crippen molar-refractivity contribution >= 4 is 24.2 Å². The largest absolute Gasteiger partial charge is 0.497 e. The Labute approximate surface area is 216 Å². The van der Waals surface area contributed by atoms with Gasteiger partial charge in [-0.05, 0) is 50.2 Å². The molecule has 198 valence electrons. The standard InChI is InChI=1S/C26H33N5O6/c1-34-21-7-5-19(23(13-21)36-3)15-27-29-25(32)17-31-11-9-18(10-12-31)26(33)30-28-16-20-6-8-22(35-2)14-24(20)37-4/h5-8,13-16,18H,9-12,17H2,1-4H3,(H,29,32)(H,30,33)/b27-15-,28-16-. The first-order valence-corrected chi connectivity index (χ1v) is 11.8. The highest BCUT2D eigenvalue weighted by molar-refractivity contribution is 5.87. The van der Waals surface area contributed by atoms with Gasteiger partial charge < -0.3 is 18.9 Å². The van der Waals surface area contributed by atoms with Gasteiger partial charge in [-0.25, -0.2) is 10.9 Å². The second-order valence-electron chi connectivity index (χ2n) is 8.29. The maximum atomic E-state index is 12.5. The van der Waals surface area contributed by atoms with Crippen molar-refractivity contribution in [3.63, 3.8) is 0 Å². The number of ether oxygens (including phenoxy) is 4. The van der Waals surface area contributed by atoms with E-state index in [4.69, 9.17) is 18.9 Å². The Kier molecular flexibility index (Phi) is 10.3. The van der Waals surface area contributed by atoms with Gasteiger partial charge in [-0.2, -0.15) is 10.2 Å². The smallest absolute Gasteiger partial charge is 0.254 e. The lowest BCUT2D eigenvalue weighted by atomic mass is 9.96. The van der Waals surface area contributed by atoms with Crippen LogP contribution in [0.5, 0.6) is 23.0 Å². The third-order valence-corrected chi connectivity index (χ3v) is 5.98. The van der Waals surface area contributed by atoms with Crippen LogP contribution in [-0.4, -0.2) is 77.2 Å². The minimum absolute atomic E-state index is 0.147. The van der Waals surface area contributed by atoms with Crippen molar-refractivity contribution in [3.8, 4) is 23.0 Å². The molecule has 2 aromatic carbocycles. The Morgan fingerprint density at radius 3 is 1.84 bits per heavy atom. The Morgan fingerprint density at radius 2 is 1.35 bits per heavy atom. The molecule has 37 heavy (non-hydrogen) atoms. The SMILES string of the molecule is COc1ccc(/C=N\NC(=O)CN2CCC(C(=O)N/N=C\c3ccc(OC)cc3OC)CC2)c(OC)c1. The second-order valence-corrected chi connectivity index (χ2v) is 8.29. The van der Waals surface area contributed by atoms with Crippen LogP contribution >= 0.6 is 0 Å². The van der Waals surface area contributed by atoms with E-state index < -0.39 is 0 Å². The summed E-state index contributed by atoms with van der Waals surface area (Å²) in [7, 11) is 6.27. The summed E-state index contributed by atoms with van der Waals surface area (Å²) < 4.78 is 21.0. The molecule has 1 aliphatic heterocycles. The zero-order valence-electron chi connectivity index (χ0n) is 21.5. The Bertz CT molecular complexity index is 1130. The van der Waals surface area contributed by atoms with Crippen LogP contribution in [0.15, 0.2) is 46.6 Å². The summed E-state index contributed by atoms with van der Waals surface area (Å²) >= 11 is 0. The molecule has 3 rings (SSSR count). The van der Waals surface area contributed by atoms with Crippen LogP contribution in [-0.2, 0) is 9.59 Å². The fraction of sp³-hybridized carbons (Fsp3) is 0.385. The number of piperidine rings is 1. The number of hydrogen-bond donors (Lipinski definition) is 2. The van der Waals surface area contributed by atoms with Crippen molar-refractivity contribution in [1.82, 2.24) is 15.8 Å². The Hall–Kier alpha value is -4.12. The number of benzene rings is 2. The molecule has 1 saturated heterocycles. The van der Waals surface area contributed by atoms with Gasteiger partial charge in [0.15, 0.2) is 0 Å². The average molecular weight is 512 g/mol. The van der Waals surface area contributed by atoms with Crippen LogP contribution in [0, 0.1) is 5.92 Å². The normalized spacial score (nSPS) is 14.5. The van der Waals surface area contributed by atoms with Crippen molar-refractivity contribution in [2.45, 2.75) is 12.8 Å². The summed E-state index contributed by atoms with van der Waals surface area (Å²) in [5, 5.41) is 8.10. The molecule has 0 bridgehead atoms. The summed E-state index contributed by atoms with van der Waals surface area (Å²) in [6, 6.07) is 10.7. The molecule has 0 atom stereocenters. The van der Waals surface area contributed by atoms with E-state index in [1.807, 2.05) is 4.90 Å². The molecule has 0 spiro atoms. The van der Waals surface area contributed by atoms with Crippen molar-refractivity contribution in [3.05, 3.63) is 47.5 Å². The molecule has 1 aliphatic rings. The Balaban J connectivity index is 1.41. The summed E-state index contributed by atoms with van der Waals surface area (Å²) in [5.74, 6) is 1.97. The minimum Gasteiger partial charge on any atom is -0.497 e. The highest BCUT2D eigenvalue weighted by Crippen LogP contribution is 2.24. The van der Waals surface area contributed by atoms with Gasteiger partial charge in [-0.15, -0.1) is 0 Å². The molecule has 0 radical (unpaired) electrons. The molecular formula is C26H33N5O6. The fourth-order valence-corrected chi connectivity index (χ4v) is 3.87. The average Bonchev–Trinajstić information content (AvgIpc) is 2.93. The number of rotatable bonds is 11. The van der Waals surface area contributed by atoms with Gasteiger partial charge >= 0.3 is 0 Å². The quantitative estimate of drug-likeness (QED) is 0.350. The van der Waals surface area contributed by atoms with E-state index in [2.05, 4.69) is 21.1 Å². The van der Waals surface area contributed by atoms with Crippen LogP contribution in [0.4, 0.5) is 0 Å². The van der Waals surface area contributed by atoms with E-state index in [1.54, 1.807) is 64.8 Å². The summed E-state index contributed by atoms with van der Waals surface area (Å²) in [4.78, 5) is 26.8. The molecule has 0 unspecified atom stereocenters. The van der Waals surface area contributed by atoms with E-state index in [0.717, 1.165) is 5.56 Å². The number of hydrogen-bond acceptors (Lipinski definition) is 9. The van der Waals surface area contributed by atoms with Gasteiger partial charge in [0.25, 0.3) is 5.91 Å². The van der Waals surface area contributed by atoms with Crippen molar-refractivity contribution in [2.24, 2.45) is 16.1 Å². The van der Waals surface area contributed by atoms with E-state index in [-0.39, 0.29) is 24.3 Å².